The number of nitrogens with zero attached hydrogens (tertiary/aromatic N) is 1. The minimum Gasteiger partial charge on any atom is -0.345 e. The van der Waals surface area contributed by atoms with Gasteiger partial charge in [-0.25, -0.2) is 0 Å². The highest BCUT2D eigenvalue weighted by Crippen LogP contribution is 2.25. The van der Waals surface area contributed by atoms with E-state index >= 15 is 0 Å². The largest absolute Gasteiger partial charge is 0.345 e. The van der Waals surface area contributed by atoms with E-state index in [1.54, 1.807) is 41.1 Å². The molecule has 4 nitrogen and oxygen atoms in total. The van der Waals surface area contributed by atoms with Gasteiger partial charge in [0.15, 0.2) is 6.29 Å². The van der Waals surface area contributed by atoms with E-state index in [0.29, 0.717) is 28.0 Å². The van der Waals surface area contributed by atoms with Crippen LogP contribution in [0.3, 0.4) is 0 Å². The number of carbonyl (C=O) groups excluding carboxylic acids is 2. The third-order valence-electron chi connectivity index (χ3n) is 2.77. The molecule has 0 saturated heterocycles. The molecule has 0 unspecified atom stereocenters. The van der Waals surface area contributed by atoms with E-state index in [-0.39, 0.29) is 12.3 Å². The molecule has 0 saturated carbocycles. The van der Waals surface area contributed by atoms with Crippen molar-refractivity contribution in [2.45, 2.75) is 13.0 Å². The summed E-state index contributed by atoms with van der Waals surface area (Å²) in [5.41, 5.74) is 1.02. The number of amides is 1. The monoisotopic (exact) mass is 310 g/mol. The molecule has 0 atom stereocenters. The van der Waals surface area contributed by atoms with Gasteiger partial charge in [-0.3, -0.25) is 9.59 Å². The summed E-state index contributed by atoms with van der Waals surface area (Å²) in [7, 11) is 0. The highest BCUT2D eigenvalue weighted by molar-refractivity contribution is 6.35. The van der Waals surface area contributed by atoms with Gasteiger partial charge in [0.2, 0.25) is 5.91 Å². The van der Waals surface area contributed by atoms with Gasteiger partial charge in [0, 0.05) is 24.2 Å². The number of rotatable bonds is 5. The summed E-state index contributed by atoms with van der Waals surface area (Å²) in [5.74, 6) is -0.195. The van der Waals surface area contributed by atoms with Gasteiger partial charge in [0.05, 0.1) is 16.4 Å². The molecule has 0 bridgehead atoms. The van der Waals surface area contributed by atoms with Gasteiger partial charge in [-0.05, 0) is 30.3 Å². The van der Waals surface area contributed by atoms with Gasteiger partial charge in [0.25, 0.3) is 0 Å². The van der Waals surface area contributed by atoms with Crippen LogP contribution in [-0.4, -0.2) is 16.8 Å². The van der Waals surface area contributed by atoms with Crippen molar-refractivity contribution in [2.24, 2.45) is 0 Å². The molecule has 104 valence electrons. The molecule has 1 N–H and O–H groups in total. The first kappa shape index (κ1) is 14.6. The number of hydrogen-bond donors (Lipinski definition) is 1. The smallest absolute Gasteiger partial charge is 0.226 e. The molecule has 6 heteroatoms. The highest BCUT2D eigenvalue weighted by Gasteiger charge is 2.08. The number of aryl methyl sites for hydroxylation is 1. The van der Waals surface area contributed by atoms with Crippen molar-refractivity contribution in [3.8, 4) is 0 Å². The zero-order valence-electron chi connectivity index (χ0n) is 10.5. The number of hydrogen-bond acceptors (Lipinski definition) is 2. The number of aromatic nitrogens is 1. The normalized spacial score (nSPS) is 10.3. The molecule has 0 aliphatic heterocycles. The lowest BCUT2D eigenvalue weighted by Gasteiger charge is -2.09. The molecular formula is C14H12Cl2N2O2. The average Bonchev–Trinajstić information content (AvgIpc) is 2.88. The Kier molecular flexibility index (Phi) is 4.82. The molecule has 0 aliphatic carbocycles. The zero-order chi connectivity index (χ0) is 14.5. The molecule has 1 aromatic heterocycles. The van der Waals surface area contributed by atoms with Gasteiger partial charge in [-0.2, -0.15) is 0 Å². The number of nitrogens with one attached hydrogen (secondary N) is 1. The molecule has 20 heavy (non-hydrogen) atoms. The molecule has 0 aliphatic rings. The van der Waals surface area contributed by atoms with E-state index in [4.69, 9.17) is 23.2 Å². The Hall–Kier alpha value is -1.78. The number of benzene rings is 1. The second-order valence-electron chi connectivity index (χ2n) is 4.17. The summed E-state index contributed by atoms with van der Waals surface area (Å²) in [4.78, 5) is 22.6. The minimum absolute atomic E-state index is 0.195. The first-order valence-electron chi connectivity index (χ1n) is 5.95. The van der Waals surface area contributed by atoms with Crippen LogP contribution < -0.4 is 5.32 Å². The van der Waals surface area contributed by atoms with Crippen LogP contribution in [0.4, 0.5) is 5.69 Å². The lowest BCUT2D eigenvalue weighted by atomic mass is 10.3. The minimum atomic E-state index is -0.195. The molecular weight excluding hydrogens is 299 g/mol. The van der Waals surface area contributed by atoms with Crippen LogP contribution >= 0.6 is 23.2 Å². The lowest BCUT2D eigenvalue weighted by molar-refractivity contribution is -0.116. The summed E-state index contributed by atoms with van der Waals surface area (Å²) in [6, 6.07) is 8.31. The molecule has 2 aromatic rings. The van der Waals surface area contributed by atoms with Crippen molar-refractivity contribution in [3.63, 3.8) is 0 Å². The molecule has 1 amide bonds. The van der Waals surface area contributed by atoms with Crippen LogP contribution in [-0.2, 0) is 11.3 Å². The second kappa shape index (κ2) is 6.59. The lowest BCUT2D eigenvalue weighted by Crippen LogP contribution is -2.15. The van der Waals surface area contributed by atoms with Gasteiger partial charge < -0.3 is 9.88 Å². The van der Waals surface area contributed by atoms with E-state index in [1.807, 2.05) is 0 Å². The van der Waals surface area contributed by atoms with Crippen molar-refractivity contribution < 1.29 is 9.59 Å². The summed E-state index contributed by atoms with van der Waals surface area (Å²) < 4.78 is 1.71. The van der Waals surface area contributed by atoms with Crippen LogP contribution in [0.15, 0.2) is 36.5 Å². The molecule has 0 fully saturated rings. The van der Waals surface area contributed by atoms with Crippen LogP contribution in [0.25, 0.3) is 0 Å². The number of carbonyl (C=O) groups is 2. The maximum atomic E-state index is 11.9. The molecule has 1 aromatic carbocycles. The van der Waals surface area contributed by atoms with E-state index in [0.717, 1.165) is 6.29 Å². The number of halogens is 2. The SMILES string of the molecule is O=Cc1cccn1CCC(=O)Nc1cc(Cl)ccc1Cl. The standard InChI is InChI=1S/C14H12Cl2N2O2/c15-10-3-4-12(16)13(8-10)17-14(20)5-7-18-6-1-2-11(18)9-19/h1-4,6,8-9H,5,7H2,(H,17,20). The number of aldehydes is 1. The Labute approximate surface area is 126 Å². The Morgan fingerprint density at radius 3 is 2.85 bits per heavy atom. The molecule has 2 rings (SSSR count). The summed E-state index contributed by atoms with van der Waals surface area (Å²) in [5, 5.41) is 3.62. The van der Waals surface area contributed by atoms with Crippen LogP contribution in [0.2, 0.25) is 10.0 Å². The third-order valence-corrected chi connectivity index (χ3v) is 3.33. The third kappa shape index (κ3) is 3.62. The molecule has 1 heterocycles. The van der Waals surface area contributed by atoms with E-state index in [1.165, 1.54) is 0 Å². The van der Waals surface area contributed by atoms with Crippen molar-refractivity contribution in [2.75, 3.05) is 5.32 Å². The summed E-state index contributed by atoms with van der Waals surface area (Å²) in [6.07, 6.45) is 2.74. The Bertz CT molecular complexity index is 638. The van der Waals surface area contributed by atoms with Gasteiger partial charge in [-0.1, -0.05) is 23.2 Å². The summed E-state index contributed by atoms with van der Waals surface area (Å²) >= 11 is 11.8. The molecule has 0 radical (unpaired) electrons. The van der Waals surface area contributed by atoms with E-state index in [2.05, 4.69) is 5.32 Å². The zero-order valence-corrected chi connectivity index (χ0v) is 12.0. The van der Waals surface area contributed by atoms with E-state index in [9.17, 15) is 9.59 Å². The fraction of sp³-hybridized carbons (Fsp3) is 0.143. The topological polar surface area (TPSA) is 51.1 Å². The second-order valence-corrected chi connectivity index (χ2v) is 5.01. The first-order valence-corrected chi connectivity index (χ1v) is 6.71. The quantitative estimate of drug-likeness (QED) is 0.857. The molecule has 0 spiro atoms. The Balaban J connectivity index is 1.96. The van der Waals surface area contributed by atoms with E-state index < -0.39 is 0 Å². The Morgan fingerprint density at radius 1 is 1.30 bits per heavy atom. The number of anilines is 1. The first-order chi connectivity index (χ1) is 9.60. The van der Waals surface area contributed by atoms with Gasteiger partial charge >= 0.3 is 0 Å². The average molecular weight is 311 g/mol. The van der Waals surface area contributed by atoms with Crippen LogP contribution in [0.5, 0.6) is 0 Å². The fourth-order valence-corrected chi connectivity index (χ4v) is 2.10. The van der Waals surface area contributed by atoms with Gasteiger partial charge in [-0.15, -0.1) is 0 Å². The van der Waals surface area contributed by atoms with Crippen molar-refractivity contribution in [1.82, 2.24) is 4.57 Å². The Morgan fingerprint density at radius 2 is 2.10 bits per heavy atom. The summed E-state index contributed by atoms with van der Waals surface area (Å²) in [6.45, 7) is 0.422. The van der Waals surface area contributed by atoms with Gasteiger partial charge in [0.1, 0.15) is 0 Å². The van der Waals surface area contributed by atoms with Crippen LogP contribution in [0, 0.1) is 0 Å². The highest BCUT2D eigenvalue weighted by atomic mass is 35.5. The maximum absolute atomic E-state index is 11.9. The maximum Gasteiger partial charge on any atom is 0.226 e. The predicted octanol–water partition coefficient (Wildman–Crippen LogP) is 3.64. The fourth-order valence-electron chi connectivity index (χ4n) is 1.77. The van der Waals surface area contributed by atoms with Crippen molar-refractivity contribution in [1.29, 1.82) is 0 Å². The van der Waals surface area contributed by atoms with Crippen LogP contribution in [0.1, 0.15) is 16.9 Å². The van der Waals surface area contributed by atoms with Crippen molar-refractivity contribution in [3.05, 3.63) is 52.3 Å². The van der Waals surface area contributed by atoms with Crippen molar-refractivity contribution >= 4 is 41.1 Å². The predicted molar refractivity (Wildman–Crippen MR) is 79.5 cm³/mol.